The van der Waals surface area contributed by atoms with E-state index in [1.807, 2.05) is 0 Å². The summed E-state index contributed by atoms with van der Waals surface area (Å²) in [6.45, 7) is -0.0650. The third kappa shape index (κ3) is 4.93. The van der Waals surface area contributed by atoms with Crippen molar-refractivity contribution in [3.8, 4) is 16.9 Å². The Morgan fingerprint density at radius 1 is 1.09 bits per heavy atom. The molecule has 174 valence electrons. The molecule has 2 aromatic carbocycles. The van der Waals surface area contributed by atoms with Gasteiger partial charge in [-0.25, -0.2) is 17.5 Å². The van der Waals surface area contributed by atoms with Gasteiger partial charge in [-0.15, -0.1) is 11.3 Å². The molecular formula is C21H19FN2O6S3. The first kappa shape index (κ1) is 23.4. The Balaban J connectivity index is 2.06. The quantitative estimate of drug-likeness (QED) is 0.369. The SMILES string of the molecule is CS(=O)(=O)NCCc1c(F)cccc1-c1c(OS(C)(=O)=O)ccc2[nH]c(=O)c3sccc3c12. The Labute approximate surface area is 193 Å². The number of fused-ring (bicyclic) bond motifs is 3. The summed E-state index contributed by atoms with van der Waals surface area (Å²) in [6, 6.07) is 8.97. The number of benzene rings is 2. The van der Waals surface area contributed by atoms with E-state index in [9.17, 15) is 26.0 Å². The van der Waals surface area contributed by atoms with Gasteiger partial charge in [-0.3, -0.25) is 4.79 Å². The third-order valence-corrected chi connectivity index (χ3v) is 7.05. The van der Waals surface area contributed by atoms with Gasteiger partial charge in [0.2, 0.25) is 10.0 Å². The zero-order valence-electron chi connectivity index (χ0n) is 17.5. The molecule has 0 atom stereocenters. The van der Waals surface area contributed by atoms with Crippen LogP contribution in [0.25, 0.3) is 32.1 Å². The second kappa shape index (κ2) is 8.52. The van der Waals surface area contributed by atoms with Crippen LogP contribution in [-0.2, 0) is 26.6 Å². The van der Waals surface area contributed by atoms with E-state index in [-0.39, 0.29) is 35.4 Å². The highest BCUT2D eigenvalue weighted by Crippen LogP contribution is 2.42. The topological polar surface area (TPSA) is 122 Å². The number of aromatic amines is 1. The van der Waals surface area contributed by atoms with Gasteiger partial charge in [0.25, 0.3) is 5.56 Å². The predicted octanol–water partition coefficient (Wildman–Crippen LogP) is 2.98. The summed E-state index contributed by atoms with van der Waals surface area (Å²) in [5.74, 6) is -0.622. The van der Waals surface area contributed by atoms with E-state index in [4.69, 9.17) is 4.18 Å². The molecule has 0 amide bonds. The van der Waals surface area contributed by atoms with Crippen LogP contribution >= 0.6 is 11.3 Å². The molecule has 2 heterocycles. The summed E-state index contributed by atoms with van der Waals surface area (Å²) in [6.07, 6.45) is 1.90. The van der Waals surface area contributed by atoms with Crippen molar-refractivity contribution in [2.24, 2.45) is 0 Å². The molecule has 4 aromatic rings. The van der Waals surface area contributed by atoms with E-state index in [0.29, 0.717) is 26.6 Å². The molecule has 0 aliphatic rings. The molecule has 4 rings (SSSR count). The molecule has 0 bridgehead atoms. The van der Waals surface area contributed by atoms with E-state index >= 15 is 0 Å². The molecule has 12 heteroatoms. The minimum atomic E-state index is -3.94. The highest BCUT2D eigenvalue weighted by Gasteiger charge is 2.22. The number of nitrogens with one attached hydrogen (secondary N) is 2. The lowest BCUT2D eigenvalue weighted by molar-refractivity contribution is 0.494. The van der Waals surface area contributed by atoms with Gasteiger partial charge in [-0.05, 0) is 47.2 Å². The van der Waals surface area contributed by atoms with Crippen LogP contribution in [-0.4, -0.2) is 40.9 Å². The highest BCUT2D eigenvalue weighted by atomic mass is 32.2. The van der Waals surface area contributed by atoms with E-state index in [1.54, 1.807) is 17.5 Å². The van der Waals surface area contributed by atoms with Crippen LogP contribution in [0.2, 0.25) is 0 Å². The van der Waals surface area contributed by atoms with Crippen molar-refractivity contribution < 1.29 is 25.4 Å². The van der Waals surface area contributed by atoms with Gasteiger partial charge in [0.05, 0.1) is 12.5 Å². The number of H-pyrrole nitrogens is 1. The molecule has 0 aliphatic carbocycles. The van der Waals surface area contributed by atoms with Gasteiger partial charge >= 0.3 is 10.1 Å². The van der Waals surface area contributed by atoms with Crippen molar-refractivity contribution in [3.63, 3.8) is 0 Å². The molecule has 0 aliphatic heterocycles. The summed E-state index contributed by atoms with van der Waals surface area (Å²) in [7, 11) is -7.43. The fraction of sp³-hybridized carbons (Fsp3) is 0.190. The summed E-state index contributed by atoms with van der Waals surface area (Å²) in [5, 5.41) is 2.79. The van der Waals surface area contributed by atoms with Crippen molar-refractivity contribution in [1.82, 2.24) is 9.71 Å². The van der Waals surface area contributed by atoms with Crippen LogP contribution in [0.15, 0.2) is 46.6 Å². The predicted molar refractivity (Wildman–Crippen MR) is 127 cm³/mol. The fourth-order valence-electron chi connectivity index (χ4n) is 3.74. The van der Waals surface area contributed by atoms with E-state index in [1.165, 1.54) is 35.6 Å². The molecule has 0 radical (unpaired) electrons. The lowest BCUT2D eigenvalue weighted by Gasteiger charge is -2.17. The van der Waals surface area contributed by atoms with Gasteiger partial charge in [-0.1, -0.05) is 12.1 Å². The van der Waals surface area contributed by atoms with Gasteiger partial charge in [0, 0.05) is 28.4 Å². The van der Waals surface area contributed by atoms with Crippen molar-refractivity contribution >= 4 is 52.5 Å². The van der Waals surface area contributed by atoms with Crippen LogP contribution in [0.5, 0.6) is 5.75 Å². The summed E-state index contributed by atoms with van der Waals surface area (Å²) < 4.78 is 69.9. The minimum absolute atomic E-state index is 0.0000868. The van der Waals surface area contributed by atoms with Gasteiger partial charge in [0.15, 0.2) is 5.75 Å². The standard InChI is InChI=1S/C21H19FN2O6S3/c1-32(26,27)23-10-8-12-13(4-3-5-15(12)22)19-17(30-33(2,28)29)7-6-16-18(19)14-9-11-31-20(14)21(25)24-16/h3-7,9,11,23H,8,10H2,1-2H3,(H,24,25). The second-order valence-corrected chi connectivity index (χ2v) is 11.8. The fourth-order valence-corrected chi connectivity index (χ4v) is 5.47. The van der Waals surface area contributed by atoms with E-state index in [0.717, 1.165) is 12.5 Å². The number of hydrogen-bond acceptors (Lipinski definition) is 7. The number of aromatic nitrogens is 1. The van der Waals surface area contributed by atoms with Gasteiger partial charge in [-0.2, -0.15) is 8.42 Å². The Morgan fingerprint density at radius 3 is 2.55 bits per heavy atom. The number of sulfonamides is 1. The largest absolute Gasteiger partial charge is 0.382 e. The van der Waals surface area contributed by atoms with Crippen molar-refractivity contribution in [3.05, 3.63) is 63.5 Å². The Bertz CT molecular complexity index is 1660. The first-order chi connectivity index (χ1) is 15.4. The number of thiophene rings is 1. The van der Waals surface area contributed by atoms with Crippen molar-refractivity contribution in [2.45, 2.75) is 6.42 Å². The average molecular weight is 511 g/mol. The molecule has 2 aromatic heterocycles. The van der Waals surface area contributed by atoms with Crippen LogP contribution in [0.1, 0.15) is 5.56 Å². The van der Waals surface area contributed by atoms with E-state index in [2.05, 4.69) is 9.71 Å². The lowest BCUT2D eigenvalue weighted by Crippen LogP contribution is -2.24. The molecule has 0 spiro atoms. The van der Waals surface area contributed by atoms with E-state index < -0.39 is 26.0 Å². The monoisotopic (exact) mass is 510 g/mol. The summed E-state index contributed by atoms with van der Waals surface area (Å²) in [4.78, 5) is 15.3. The molecule has 0 saturated heterocycles. The Morgan fingerprint density at radius 2 is 1.85 bits per heavy atom. The Kier molecular flexibility index (Phi) is 6.03. The zero-order valence-corrected chi connectivity index (χ0v) is 20.0. The van der Waals surface area contributed by atoms with Crippen molar-refractivity contribution in [2.75, 3.05) is 19.1 Å². The number of halogens is 1. The maximum Gasteiger partial charge on any atom is 0.306 e. The molecule has 0 saturated carbocycles. The normalized spacial score (nSPS) is 12.5. The van der Waals surface area contributed by atoms with Gasteiger partial charge in [0.1, 0.15) is 10.5 Å². The maximum atomic E-state index is 15.0. The lowest BCUT2D eigenvalue weighted by atomic mass is 9.92. The molecule has 8 nitrogen and oxygen atoms in total. The second-order valence-electron chi connectivity index (χ2n) is 7.45. The summed E-state index contributed by atoms with van der Waals surface area (Å²) in [5.41, 5.74) is 0.910. The third-order valence-electron chi connectivity index (χ3n) is 4.92. The molecule has 0 fully saturated rings. The number of hydrogen-bond donors (Lipinski definition) is 2. The molecular weight excluding hydrogens is 491 g/mol. The molecule has 33 heavy (non-hydrogen) atoms. The highest BCUT2D eigenvalue weighted by molar-refractivity contribution is 7.88. The molecule has 0 unspecified atom stereocenters. The van der Waals surface area contributed by atoms with Crippen LogP contribution in [0, 0.1) is 5.82 Å². The first-order valence-corrected chi connectivity index (χ1v) is 14.2. The van der Waals surface area contributed by atoms with Gasteiger partial charge < -0.3 is 9.17 Å². The minimum Gasteiger partial charge on any atom is -0.382 e. The zero-order chi connectivity index (χ0) is 24.0. The van der Waals surface area contributed by atoms with Crippen molar-refractivity contribution in [1.29, 1.82) is 0 Å². The van der Waals surface area contributed by atoms with Crippen LogP contribution in [0.4, 0.5) is 4.39 Å². The first-order valence-electron chi connectivity index (χ1n) is 9.62. The average Bonchev–Trinajstić information content (AvgIpc) is 3.18. The maximum absolute atomic E-state index is 15.0. The molecule has 2 N–H and O–H groups in total. The Hall–Kier alpha value is -2.80. The van der Waals surface area contributed by atoms with Crippen LogP contribution in [0.3, 0.4) is 0 Å². The number of rotatable bonds is 7. The summed E-state index contributed by atoms with van der Waals surface area (Å²) >= 11 is 1.22. The smallest absolute Gasteiger partial charge is 0.306 e. The van der Waals surface area contributed by atoms with Crippen LogP contribution < -0.4 is 14.5 Å². The number of pyridine rings is 1.